The highest BCUT2D eigenvalue weighted by molar-refractivity contribution is 7.09. The van der Waals surface area contributed by atoms with E-state index < -0.39 is 5.97 Å². The van der Waals surface area contributed by atoms with E-state index in [0.717, 1.165) is 49.7 Å². The number of carbonyl (C=O) groups is 1. The molecule has 1 aliphatic rings. The summed E-state index contributed by atoms with van der Waals surface area (Å²) >= 11 is 1.46. The van der Waals surface area contributed by atoms with Gasteiger partial charge in [0.25, 0.3) is 0 Å². The number of rotatable bonds is 5. The summed E-state index contributed by atoms with van der Waals surface area (Å²) < 4.78 is 4.30. The summed E-state index contributed by atoms with van der Waals surface area (Å²) in [6.45, 7) is 3.99. The third-order valence-electron chi connectivity index (χ3n) is 3.33. The lowest BCUT2D eigenvalue weighted by Crippen LogP contribution is -2.35. The van der Waals surface area contributed by atoms with Crippen molar-refractivity contribution in [3.63, 3.8) is 0 Å². The van der Waals surface area contributed by atoms with E-state index in [1.807, 2.05) is 0 Å². The standard InChI is InChI=1S/C12H19N3O2S/c1-2-10-13-12(18-14-10)15-7-3-4-9(8-15)5-6-11(16)17/h9H,2-8H2,1H3,(H,16,17). The van der Waals surface area contributed by atoms with Gasteiger partial charge < -0.3 is 10.0 Å². The van der Waals surface area contributed by atoms with Crippen molar-refractivity contribution in [3.8, 4) is 0 Å². The molecule has 1 unspecified atom stereocenters. The van der Waals surface area contributed by atoms with E-state index in [1.54, 1.807) is 0 Å². The van der Waals surface area contributed by atoms with E-state index in [0.29, 0.717) is 5.92 Å². The number of anilines is 1. The zero-order valence-electron chi connectivity index (χ0n) is 10.6. The Morgan fingerprint density at radius 2 is 2.44 bits per heavy atom. The third-order valence-corrected chi connectivity index (χ3v) is 4.14. The van der Waals surface area contributed by atoms with Gasteiger partial charge in [0, 0.05) is 37.5 Å². The number of piperidine rings is 1. The molecule has 1 aromatic rings. The Morgan fingerprint density at radius 1 is 1.61 bits per heavy atom. The molecule has 0 aromatic carbocycles. The van der Waals surface area contributed by atoms with Gasteiger partial charge in [-0.2, -0.15) is 4.37 Å². The van der Waals surface area contributed by atoms with Crippen molar-refractivity contribution in [2.24, 2.45) is 5.92 Å². The molecule has 2 rings (SSSR count). The number of carboxylic acids is 1. The highest BCUT2D eigenvalue weighted by Crippen LogP contribution is 2.26. The van der Waals surface area contributed by atoms with E-state index in [9.17, 15) is 4.79 Å². The number of aromatic nitrogens is 2. The first-order chi connectivity index (χ1) is 8.69. The Balaban J connectivity index is 1.91. The van der Waals surface area contributed by atoms with Crippen LogP contribution in [0.25, 0.3) is 0 Å². The third kappa shape index (κ3) is 3.41. The molecule has 18 heavy (non-hydrogen) atoms. The molecular weight excluding hydrogens is 250 g/mol. The summed E-state index contributed by atoms with van der Waals surface area (Å²) in [6.07, 6.45) is 4.15. The van der Waals surface area contributed by atoms with Crippen LogP contribution in [0.2, 0.25) is 0 Å². The van der Waals surface area contributed by atoms with Crippen LogP contribution in [-0.2, 0) is 11.2 Å². The molecule has 6 heteroatoms. The lowest BCUT2D eigenvalue weighted by molar-refractivity contribution is -0.137. The van der Waals surface area contributed by atoms with E-state index in [1.165, 1.54) is 11.5 Å². The average molecular weight is 269 g/mol. The van der Waals surface area contributed by atoms with Crippen LogP contribution >= 0.6 is 11.5 Å². The van der Waals surface area contributed by atoms with E-state index in [2.05, 4.69) is 21.2 Å². The van der Waals surface area contributed by atoms with Gasteiger partial charge in [-0.05, 0) is 25.2 Å². The maximum Gasteiger partial charge on any atom is 0.303 e. The second-order valence-electron chi connectivity index (χ2n) is 4.73. The minimum Gasteiger partial charge on any atom is -0.481 e. The first-order valence-corrected chi connectivity index (χ1v) is 7.25. The molecule has 1 aliphatic heterocycles. The topological polar surface area (TPSA) is 66.3 Å². The molecule has 100 valence electrons. The molecule has 0 saturated carbocycles. The van der Waals surface area contributed by atoms with E-state index >= 15 is 0 Å². The smallest absolute Gasteiger partial charge is 0.303 e. The van der Waals surface area contributed by atoms with E-state index in [4.69, 9.17) is 5.11 Å². The van der Waals surface area contributed by atoms with Gasteiger partial charge in [-0.3, -0.25) is 4.79 Å². The second-order valence-corrected chi connectivity index (χ2v) is 5.46. The van der Waals surface area contributed by atoms with Crippen LogP contribution in [-0.4, -0.2) is 33.5 Å². The molecule has 0 aliphatic carbocycles. The summed E-state index contributed by atoms with van der Waals surface area (Å²) in [5, 5.41) is 9.72. The van der Waals surface area contributed by atoms with Gasteiger partial charge in [-0.25, -0.2) is 4.98 Å². The molecule has 5 nitrogen and oxygen atoms in total. The molecule has 1 aromatic heterocycles. The van der Waals surface area contributed by atoms with Gasteiger partial charge >= 0.3 is 5.97 Å². The zero-order chi connectivity index (χ0) is 13.0. The molecule has 1 saturated heterocycles. The van der Waals surface area contributed by atoms with Crippen LogP contribution in [0.15, 0.2) is 0 Å². The second kappa shape index (κ2) is 6.13. The number of hydrogen-bond acceptors (Lipinski definition) is 5. The van der Waals surface area contributed by atoms with Crippen LogP contribution in [0.5, 0.6) is 0 Å². The molecule has 0 radical (unpaired) electrons. The van der Waals surface area contributed by atoms with Crippen LogP contribution in [0.4, 0.5) is 5.13 Å². The molecule has 2 heterocycles. The Bertz CT molecular complexity index is 408. The van der Waals surface area contributed by atoms with Crippen molar-refractivity contribution < 1.29 is 9.90 Å². The first kappa shape index (κ1) is 13.3. The first-order valence-electron chi connectivity index (χ1n) is 6.48. The lowest BCUT2D eigenvalue weighted by Gasteiger charge is -2.32. The summed E-state index contributed by atoms with van der Waals surface area (Å²) in [7, 11) is 0. The SMILES string of the molecule is CCc1nsc(N2CCCC(CCC(=O)O)C2)n1. The Kier molecular flexibility index (Phi) is 4.52. The summed E-state index contributed by atoms with van der Waals surface area (Å²) in [4.78, 5) is 17.4. The van der Waals surface area contributed by atoms with Gasteiger partial charge in [0.2, 0.25) is 5.13 Å². The number of carboxylic acid groups (broad SMARTS) is 1. The van der Waals surface area contributed by atoms with Gasteiger partial charge in [0.15, 0.2) is 0 Å². The minimum atomic E-state index is -0.698. The fourth-order valence-corrected chi connectivity index (χ4v) is 3.10. The van der Waals surface area contributed by atoms with Crippen LogP contribution < -0.4 is 4.90 Å². The van der Waals surface area contributed by atoms with Crippen molar-refractivity contribution in [2.45, 2.75) is 39.0 Å². The number of nitrogens with zero attached hydrogens (tertiary/aromatic N) is 3. The zero-order valence-corrected chi connectivity index (χ0v) is 11.4. The molecule has 0 amide bonds. The summed E-state index contributed by atoms with van der Waals surface area (Å²) in [5.41, 5.74) is 0. The van der Waals surface area contributed by atoms with E-state index in [-0.39, 0.29) is 6.42 Å². The highest BCUT2D eigenvalue weighted by atomic mass is 32.1. The predicted molar refractivity (Wildman–Crippen MR) is 71.1 cm³/mol. The lowest BCUT2D eigenvalue weighted by atomic mass is 9.94. The number of aryl methyl sites for hydroxylation is 1. The Labute approximate surface area is 111 Å². The monoisotopic (exact) mass is 269 g/mol. The van der Waals surface area contributed by atoms with Crippen LogP contribution in [0.1, 0.15) is 38.4 Å². The fraction of sp³-hybridized carbons (Fsp3) is 0.750. The largest absolute Gasteiger partial charge is 0.481 e. The van der Waals surface area contributed by atoms with Crippen molar-refractivity contribution in [3.05, 3.63) is 5.82 Å². The fourth-order valence-electron chi connectivity index (χ4n) is 2.32. The summed E-state index contributed by atoms with van der Waals surface area (Å²) in [5.74, 6) is 0.683. The Morgan fingerprint density at radius 3 is 3.11 bits per heavy atom. The molecule has 1 fully saturated rings. The maximum atomic E-state index is 10.6. The molecule has 0 spiro atoms. The predicted octanol–water partition coefficient (Wildman–Crippen LogP) is 2.18. The van der Waals surface area contributed by atoms with Gasteiger partial charge in [-0.15, -0.1) is 0 Å². The number of aliphatic carboxylic acids is 1. The quantitative estimate of drug-likeness (QED) is 0.887. The van der Waals surface area contributed by atoms with Crippen molar-refractivity contribution in [1.82, 2.24) is 9.36 Å². The molecule has 0 bridgehead atoms. The van der Waals surface area contributed by atoms with Gasteiger partial charge in [0.1, 0.15) is 5.82 Å². The van der Waals surface area contributed by atoms with Crippen LogP contribution in [0.3, 0.4) is 0 Å². The van der Waals surface area contributed by atoms with Crippen molar-refractivity contribution in [1.29, 1.82) is 0 Å². The molecule has 1 atom stereocenters. The van der Waals surface area contributed by atoms with Gasteiger partial charge in [-0.1, -0.05) is 6.92 Å². The highest BCUT2D eigenvalue weighted by Gasteiger charge is 2.22. The van der Waals surface area contributed by atoms with Crippen molar-refractivity contribution >= 4 is 22.6 Å². The van der Waals surface area contributed by atoms with Crippen LogP contribution in [0, 0.1) is 5.92 Å². The minimum absolute atomic E-state index is 0.273. The average Bonchev–Trinajstić information content (AvgIpc) is 2.85. The normalized spacial score (nSPS) is 20.1. The molecular formula is C12H19N3O2S. The van der Waals surface area contributed by atoms with Gasteiger partial charge in [0.05, 0.1) is 0 Å². The number of hydrogen-bond donors (Lipinski definition) is 1. The Hall–Kier alpha value is -1.17. The maximum absolute atomic E-state index is 10.6. The molecule has 1 N–H and O–H groups in total. The summed E-state index contributed by atoms with van der Waals surface area (Å²) in [6, 6.07) is 0. The van der Waals surface area contributed by atoms with Crippen molar-refractivity contribution in [2.75, 3.05) is 18.0 Å².